The van der Waals surface area contributed by atoms with Crippen molar-refractivity contribution in [1.82, 2.24) is 5.32 Å². The van der Waals surface area contributed by atoms with Crippen LogP contribution < -0.4 is 5.32 Å². The van der Waals surface area contributed by atoms with E-state index in [1.165, 1.54) is 21.0 Å². The normalized spacial score (nSPS) is 31.2. The molecule has 10 nitrogen and oxygen atoms in total. The smallest absolute Gasteiger partial charge is 0.334 e. The SMILES string of the molecule is COC(=O)[C@@H](C)O[C@@H]1[C@@H](NC(C)=O)[C@@H](CC(=O)O)O[C@@H]2COC(c3ccccc3)O[C@@H]12. The Kier molecular flexibility index (Phi) is 7.60. The fraction of sp³-hybridized carbons (Fsp3) is 0.571. The van der Waals surface area contributed by atoms with Crippen LogP contribution in [0.5, 0.6) is 0 Å². The van der Waals surface area contributed by atoms with Crippen molar-refractivity contribution in [3.8, 4) is 0 Å². The number of carbonyl (C=O) groups excluding carboxylic acids is 2. The number of methoxy groups -OCH3 is 1. The summed E-state index contributed by atoms with van der Waals surface area (Å²) in [5, 5.41) is 12.0. The zero-order chi connectivity index (χ0) is 22.5. The van der Waals surface area contributed by atoms with E-state index in [0.717, 1.165) is 5.56 Å². The van der Waals surface area contributed by atoms with E-state index in [2.05, 4.69) is 5.32 Å². The highest BCUT2D eigenvalue weighted by molar-refractivity contribution is 5.74. The molecule has 2 aliphatic heterocycles. The minimum absolute atomic E-state index is 0.125. The predicted molar refractivity (Wildman–Crippen MR) is 105 cm³/mol. The Balaban J connectivity index is 1.91. The summed E-state index contributed by atoms with van der Waals surface area (Å²) in [4.78, 5) is 35.3. The average molecular weight is 437 g/mol. The van der Waals surface area contributed by atoms with Gasteiger partial charge in [-0.2, -0.15) is 0 Å². The lowest BCUT2D eigenvalue weighted by Gasteiger charge is -2.49. The minimum Gasteiger partial charge on any atom is -0.481 e. The second-order valence-corrected chi connectivity index (χ2v) is 7.48. The highest BCUT2D eigenvalue weighted by Crippen LogP contribution is 2.36. The second kappa shape index (κ2) is 10.2. The fourth-order valence-electron chi connectivity index (χ4n) is 3.84. The van der Waals surface area contributed by atoms with Crippen molar-refractivity contribution in [3.63, 3.8) is 0 Å². The summed E-state index contributed by atoms with van der Waals surface area (Å²) in [5.41, 5.74) is 0.782. The molecule has 2 aliphatic rings. The third-order valence-electron chi connectivity index (χ3n) is 5.20. The van der Waals surface area contributed by atoms with Gasteiger partial charge in [0.25, 0.3) is 0 Å². The quantitative estimate of drug-likeness (QED) is 0.595. The number of hydrogen-bond donors (Lipinski definition) is 2. The minimum atomic E-state index is -1.10. The summed E-state index contributed by atoms with van der Waals surface area (Å²) in [6.07, 6.45) is -5.22. The Morgan fingerprint density at radius 3 is 2.55 bits per heavy atom. The monoisotopic (exact) mass is 437 g/mol. The molecule has 31 heavy (non-hydrogen) atoms. The maximum atomic E-state index is 12.0. The standard InChI is InChI=1S/C21H27NO9/c1-11(20(26)27-3)29-19-17(22-12(2)23)14(9-16(24)25)30-15-10-28-21(31-18(15)19)13-7-5-4-6-8-13/h4-8,11,14-15,17-19,21H,9-10H2,1-3H3,(H,22,23)(H,24,25)/t11-,14-,15-,17+,18-,19-,21?/m1/s1. The molecule has 0 aromatic heterocycles. The van der Waals surface area contributed by atoms with E-state index < -0.39 is 60.7 Å². The first-order valence-electron chi connectivity index (χ1n) is 9.99. The van der Waals surface area contributed by atoms with Crippen LogP contribution >= 0.6 is 0 Å². The van der Waals surface area contributed by atoms with Crippen molar-refractivity contribution >= 4 is 17.8 Å². The average Bonchev–Trinajstić information content (AvgIpc) is 2.75. The number of carboxylic acids is 1. The molecule has 0 spiro atoms. The molecular weight excluding hydrogens is 410 g/mol. The van der Waals surface area contributed by atoms with Crippen LogP contribution in [0.4, 0.5) is 0 Å². The largest absolute Gasteiger partial charge is 0.481 e. The molecule has 2 fully saturated rings. The Morgan fingerprint density at radius 2 is 1.94 bits per heavy atom. The Morgan fingerprint density at radius 1 is 1.23 bits per heavy atom. The van der Waals surface area contributed by atoms with Crippen LogP contribution in [0.2, 0.25) is 0 Å². The van der Waals surface area contributed by atoms with Crippen LogP contribution in [0, 0.1) is 0 Å². The Labute approximate surface area is 179 Å². The van der Waals surface area contributed by atoms with Gasteiger partial charge in [0.2, 0.25) is 5.91 Å². The van der Waals surface area contributed by atoms with Crippen LogP contribution in [0.3, 0.4) is 0 Å². The summed E-state index contributed by atoms with van der Waals surface area (Å²) in [7, 11) is 1.24. The van der Waals surface area contributed by atoms with Gasteiger partial charge in [-0.1, -0.05) is 30.3 Å². The Bertz CT molecular complexity index is 786. The van der Waals surface area contributed by atoms with Crippen molar-refractivity contribution in [2.75, 3.05) is 13.7 Å². The van der Waals surface area contributed by atoms with Gasteiger partial charge in [0.1, 0.15) is 18.3 Å². The van der Waals surface area contributed by atoms with Gasteiger partial charge in [0.15, 0.2) is 12.4 Å². The lowest BCUT2D eigenvalue weighted by Crippen LogP contribution is -2.67. The van der Waals surface area contributed by atoms with Gasteiger partial charge in [-0.3, -0.25) is 9.59 Å². The van der Waals surface area contributed by atoms with Crippen molar-refractivity contribution < 1.29 is 43.2 Å². The molecule has 2 heterocycles. The highest BCUT2D eigenvalue weighted by Gasteiger charge is 2.52. The fourth-order valence-corrected chi connectivity index (χ4v) is 3.84. The summed E-state index contributed by atoms with van der Waals surface area (Å²) in [6, 6.07) is 8.40. The van der Waals surface area contributed by atoms with E-state index in [1.807, 2.05) is 30.3 Å². The molecule has 1 unspecified atom stereocenters. The van der Waals surface area contributed by atoms with Gasteiger partial charge in [0, 0.05) is 12.5 Å². The first-order chi connectivity index (χ1) is 14.8. The maximum absolute atomic E-state index is 12.0. The van der Waals surface area contributed by atoms with E-state index in [9.17, 15) is 19.5 Å². The molecule has 7 atom stereocenters. The van der Waals surface area contributed by atoms with Crippen LogP contribution in [-0.4, -0.2) is 73.2 Å². The number of hydrogen-bond acceptors (Lipinski definition) is 8. The Hall–Kier alpha value is -2.53. The number of benzene rings is 1. The molecule has 3 rings (SSSR count). The van der Waals surface area contributed by atoms with E-state index in [-0.39, 0.29) is 13.0 Å². The first kappa shape index (κ1) is 23.1. The summed E-state index contributed by atoms with van der Waals surface area (Å²) in [6.45, 7) is 2.95. The number of aliphatic carboxylic acids is 1. The van der Waals surface area contributed by atoms with Crippen molar-refractivity contribution in [2.24, 2.45) is 0 Å². The van der Waals surface area contributed by atoms with Crippen LogP contribution in [0.1, 0.15) is 32.1 Å². The molecule has 170 valence electrons. The summed E-state index contributed by atoms with van der Waals surface area (Å²) >= 11 is 0. The number of amides is 1. The molecular formula is C21H27NO9. The topological polar surface area (TPSA) is 130 Å². The maximum Gasteiger partial charge on any atom is 0.334 e. The number of rotatable bonds is 7. The van der Waals surface area contributed by atoms with Crippen molar-refractivity contribution in [1.29, 1.82) is 0 Å². The van der Waals surface area contributed by atoms with Crippen molar-refractivity contribution in [3.05, 3.63) is 35.9 Å². The number of ether oxygens (including phenoxy) is 5. The second-order valence-electron chi connectivity index (χ2n) is 7.48. The first-order valence-corrected chi connectivity index (χ1v) is 9.99. The third-order valence-corrected chi connectivity index (χ3v) is 5.20. The van der Waals surface area contributed by atoms with E-state index in [1.54, 1.807) is 0 Å². The lowest BCUT2D eigenvalue weighted by atomic mass is 9.89. The zero-order valence-corrected chi connectivity index (χ0v) is 17.6. The van der Waals surface area contributed by atoms with E-state index >= 15 is 0 Å². The number of esters is 1. The van der Waals surface area contributed by atoms with Crippen molar-refractivity contribution in [2.45, 2.75) is 63.1 Å². The van der Waals surface area contributed by atoms with Gasteiger partial charge < -0.3 is 34.1 Å². The van der Waals surface area contributed by atoms with Gasteiger partial charge in [-0.25, -0.2) is 4.79 Å². The molecule has 2 N–H and O–H groups in total. The summed E-state index contributed by atoms with van der Waals surface area (Å²) < 4.78 is 28.6. The number of carboxylic acid groups (broad SMARTS) is 1. The predicted octanol–water partition coefficient (Wildman–Crippen LogP) is 0.794. The summed E-state index contributed by atoms with van der Waals surface area (Å²) in [5.74, 6) is -2.10. The van der Waals surface area contributed by atoms with Gasteiger partial charge in [-0.15, -0.1) is 0 Å². The number of carbonyl (C=O) groups is 3. The third kappa shape index (κ3) is 5.59. The molecule has 10 heteroatoms. The van der Waals surface area contributed by atoms with Crippen LogP contribution in [0.15, 0.2) is 30.3 Å². The van der Waals surface area contributed by atoms with E-state index in [0.29, 0.717) is 0 Å². The van der Waals surface area contributed by atoms with Crippen LogP contribution in [-0.2, 0) is 38.1 Å². The van der Waals surface area contributed by atoms with Gasteiger partial charge >= 0.3 is 11.9 Å². The molecule has 1 aromatic rings. The van der Waals surface area contributed by atoms with E-state index in [4.69, 9.17) is 23.7 Å². The highest BCUT2D eigenvalue weighted by atomic mass is 16.7. The zero-order valence-electron chi connectivity index (χ0n) is 17.6. The molecule has 0 saturated carbocycles. The van der Waals surface area contributed by atoms with Gasteiger partial charge in [0.05, 0.1) is 32.3 Å². The molecule has 0 bridgehead atoms. The molecule has 1 aromatic carbocycles. The van der Waals surface area contributed by atoms with Gasteiger partial charge in [-0.05, 0) is 6.92 Å². The molecule has 0 radical (unpaired) electrons. The lowest BCUT2D eigenvalue weighted by molar-refractivity contribution is -0.322. The molecule has 0 aliphatic carbocycles. The van der Waals surface area contributed by atoms with Crippen LogP contribution in [0.25, 0.3) is 0 Å². The molecule has 1 amide bonds. The molecule has 2 saturated heterocycles. The number of nitrogens with one attached hydrogen (secondary N) is 1. The number of fused-ring (bicyclic) bond motifs is 1.